The fraction of sp³-hybridized carbons (Fsp3) is 0.115. The van der Waals surface area contributed by atoms with Gasteiger partial charge in [-0.15, -0.1) is 0 Å². The molecule has 1 aromatic heterocycles. The number of ether oxygens (including phenoxy) is 2. The average Bonchev–Trinajstić information content (AvgIpc) is 2.86. The number of aromatic nitrogens is 1. The molecule has 7 nitrogen and oxygen atoms in total. The first-order chi connectivity index (χ1) is 16.4. The first-order valence-electron chi connectivity index (χ1n) is 10.4. The van der Waals surface area contributed by atoms with Gasteiger partial charge in [-0.2, -0.15) is 0 Å². The number of anilines is 1. The molecule has 0 aliphatic heterocycles. The second-order valence-corrected chi connectivity index (χ2v) is 7.50. The standard InChI is InChI=1S/C26H21FN2O5/c1-33-26(32)21-13-22(29-23(30)15-34-19-5-3-2-4-6-19)20-12-17(14-28-24(20)25(21)31)11-16-7-9-18(27)10-8-16/h2-10,12-14,31H,11,15H2,1H3,(H,29,30). The van der Waals surface area contributed by atoms with Gasteiger partial charge in [0.15, 0.2) is 12.4 Å². The Bertz CT molecular complexity index is 1340. The van der Waals surface area contributed by atoms with Gasteiger partial charge in [0.2, 0.25) is 0 Å². The van der Waals surface area contributed by atoms with E-state index in [-0.39, 0.29) is 34.9 Å². The van der Waals surface area contributed by atoms with E-state index in [0.29, 0.717) is 17.6 Å². The Morgan fingerprint density at radius 3 is 2.47 bits per heavy atom. The van der Waals surface area contributed by atoms with E-state index in [1.165, 1.54) is 25.3 Å². The number of rotatable bonds is 7. The Morgan fingerprint density at radius 1 is 1.03 bits per heavy atom. The number of hydrogen-bond acceptors (Lipinski definition) is 6. The van der Waals surface area contributed by atoms with Gasteiger partial charge < -0.3 is 19.9 Å². The third-order valence-corrected chi connectivity index (χ3v) is 5.12. The summed E-state index contributed by atoms with van der Waals surface area (Å²) in [5.41, 5.74) is 1.89. The SMILES string of the molecule is COC(=O)c1cc(NC(=O)COc2ccccc2)c2cc(Cc3ccc(F)cc3)cnc2c1O. The van der Waals surface area contributed by atoms with Crippen LogP contribution in [0.3, 0.4) is 0 Å². The van der Waals surface area contributed by atoms with Gasteiger partial charge in [0.05, 0.1) is 12.8 Å². The third-order valence-electron chi connectivity index (χ3n) is 5.12. The van der Waals surface area contributed by atoms with Crippen molar-refractivity contribution in [3.8, 4) is 11.5 Å². The van der Waals surface area contributed by atoms with E-state index in [4.69, 9.17) is 9.47 Å². The van der Waals surface area contributed by atoms with Crippen LogP contribution in [0.2, 0.25) is 0 Å². The number of nitrogens with one attached hydrogen (secondary N) is 1. The zero-order valence-corrected chi connectivity index (χ0v) is 18.2. The summed E-state index contributed by atoms with van der Waals surface area (Å²) in [5, 5.41) is 13.8. The number of nitrogens with zero attached hydrogens (tertiary/aromatic N) is 1. The molecule has 2 N–H and O–H groups in total. The molecule has 3 aromatic carbocycles. The minimum Gasteiger partial charge on any atom is -0.505 e. The summed E-state index contributed by atoms with van der Waals surface area (Å²) in [4.78, 5) is 29.1. The maximum atomic E-state index is 13.2. The van der Waals surface area contributed by atoms with E-state index in [1.54, 1.807) is 48.7 Å². The van der Waals surface area contributed by atoms with E-state index in [0.717, 1.165) is 11.1 Å². The Hall–Kier alpha value is -4.46. The van der Waals surface area contributed by atoms with Crippen molar-refractivity contribution in [1.29, 1.82) is 0 Å². The number of halogens is 1. The largest absolute Gasteiger partial charge is 0.505 e. The Kier molecular flexibility index (Phi) is 6.68. The van der Waals surface area contributed by atoms with Crippen LogP contribution in [0.15, 0.2) is 72.9 Å². The van der Waals surface area contributed by atoms with Crippen LogP contribution in [-0.4, -0.2) is 35.7 Å². The van der Waals surface area contributed by atoms with Crippen molar-refractivity contribution < 1.29 is 28.6 Å². The number of para-hydroxylation sites is 1. The van der Waals surface area contributed by atoms with E-state index in [2.05, 4.69) is 10.3 Å². The lowest BCUT2D eigenvalue weighted by atomic mass is 10.0. The lowest BCUT2D eigenvalue weighted by Crippen LogP contribution is -2.20. The minimum atomic E-state index is -0.771. The normalized spacial score (nSPS) is 10.6. The Balaban J connectivity index is 1.67. The van der Waals surface area contributed by atoms with Crippen molar-refractivity contribution in [2.75, 3.05) is 19.0 Å². The number of esters is 1. The summed E-state index contributed by atoms with van der Waals surface area (Å²) in [7, 11) is 1.19. The molecule has 0 spiro atoms. The fourth-order valence-electron chi connectivity index (χ4n) is 3.48. The first-order valence-corrected chi connectivity index (χ1v) is 10.4. The molecule has 0 bridgehead atoms. The zero-order chi connectivity index (χ0) is 24.1. The van der Waals surface area contributed by atoms with Crippen molar-refractivity contribution >= 4 is 28.5 Å². The molecule has 34 heavy (non-hydrogen) atoms. The number of hydrogen-bond donors (Lipinski definition) is 2. The highest BCUT2D eigenvalue weighted by Crippen LogP contribution is 2.34. The van der Waals surface area contributed by atoms with Gasteiger partial charge in [-0.1, -0.05) is 30.3 Å². The van der Waals surface area contributed by atoms with Crippen molar-refractivity contribution in [3.05, 3.63) is 95.4 Å². The summed E-state index contributed by atoms with van der Waals surface area (Å²) in [5.74, 6) is -1.38. The van der Waals surface area contributed by atoms with Crippen LogP contribution < -0.4 is 10.1 Å². The number of pyridine rings is 1. The zero-order valence-electron chi connectivity index (χ0n) is 18.2. The van der Waals surface area contributed by atoms with Crippen molar-refractivity contribution in [2.45, 2.75) is 6.42 Å². The van der Waals surface area contributed by atoms with Crippen LogP contribution in [0.1, 0.15) is 21.5 Å². The number of amides is 1. The molecule has 0 radical (unpaired) electrons. The van der Waals surface area contributed by atoms with E-state index in [1.807, 2.05) is 6.07 Å². The molecule has 4 aromatic rings. The maximum Gasteiger partial charge on any atom is 0.341 e. The summed E-state index contributed by atoms with van der Waals surface area (Å²) < 4.78 is 23.5. The van der Waals surface area contributed by atoms with Gasteiger partial charge in [-0.3, -0.25) is 9.78 Å². The molecule has 0 atom stereocenters. The molecule has 0 fully saturated rings. The number of aromatic hydroxyl groups is 1. The molecular weight excluding hydrogens is 439 g/mol. The molecule has 172 valence electrons. The molecule has 1 heterocycles. The Labute approximate surface area is 194 Å². The molecule has 8 heteroatoms. The van der Waals surface area contributed by atoms with Crippen LogP contribution in [0, 0.1) is 5.82 Å². The minimum absolute atomic E-state index is 0.130. The number of benzene rings is 3. The number of methoxy groups -OCH3 is 1. The van der Waals surface area contributed by atoms with E-state index >= 15 is 0 Å². The molecule has 0 aliphatic carbocycles. The molecule has 1 amide bonds. The topological polar surface area (TPSA) is 97.8 Å². The van der Waals surface area contributed by atoms with Gasteiger partial charge in [0, 0.05) is 11.6 Å². The monoisotopic (exact) mass is 460 g/mol. The molecule has 4 rings (SSSR count). The van der Waals surface area contributed by atoms with Crippen LogP contribution >= 0.6 is 0 Å². The third kappa shape index (κ3) is 5.12. The Morgan fingerprint density at radius 2 is 1.76 bits per heavy atom. The number of phenolic OH excluding ortho intramolecular Hbond substituents is 1. The van der Waals surface area contributed by atoms with Crippen molar-refractivity contribution in [1.82, 2.24) is 4.98 Å². The second-order valence-electron chi connectivity index (χ2n) is 7.50. The summed E-state index contributed by atoms with van der Waals surface area (Å²) >= 11 is 0. The number of carbonyl (C=O) groups excluding carboxylic acids is 2. The van der Waals surface area contributed by atoms with Gasteiger partial charge in [0.25, 0.3) is 5.91 Å². The predicted molar refractivity (Wildman–Crippen MR) is 125 cm³/mol. The lowest BCUT2D eigenvalue weighted by Gasteiger charge is -2.14. The highest BCUT2D eigenvalue weighted by Gasteiger charge is 2.20. The van der Waals surface area contributed by atoms with E-state index in [9.17, 15) is 19.1 Å². The molecular formula is C26H21FN2O5. The fourth-order valence-corrected chi connectivity index (χ4v) is 3.48. The van der Waals surface area contributed by atoms with Gasteiger partial charge in [-0.25, -0.2) is 9.18 Å². The smallest absolute Gasteiger partial charge is 0.341 e. The number of carbonyl (C=O) groups is 2. The summed E-state index contributed by atoms with van der Waals surface area (Å²) in [6, 6.07) is 18.0. The van der Waals surface area contributed by atoms with Crippen LogP contribution in [0.25, 0.3) is 10.9 Å². The number of fused-ring (bicyclic) bond motifs is 1. The highest BCUT2D eigenvalue weighted by molar-refractivity contribution is 6.08. The molecule has 0 saturated heterocycles. The summed E-state index contributed by atoms with van der Waals surface area (Å²) in [6.45, 7) is -0.261. The van der Waals surface area contributed by atoms with Crippen molar-refractivity contribution in [3.63, 3.8) is 0 Å². The second kappa shape index (κ2) is 9.99. The van der Waals surface area contributed by atoms with Crippen LogP contribution in [0.4, 0.5) is 10.1 Å². The maximum absolute atomic E-state index is 13.2. The number of phenols is 1. The molecule has 0 saturated carbocycles. The highest BCUT2D eigenvalue weighted by atomic mass is 19.1. The molecule has 0 unspecified atom stereocenters. The van der Waals surface area contributed by atoms with Crippen LogP contribution in [-0.2, 0) is 16.0 Å². The van der Waals surface area contributed by atoms with Crippen molar-refractivity contribution in [2.24, 2.45) is 0 Å². The van der Waals surface area contributed by atoms with Gasteiger partial charge in [0.1, 0.15) is 22.6 Å². The van der Waals surface area contributed by atoms with Crippen LogP contribution in [0.5, 0.6) is 11.5 Å². The van der Waals surface area contributed by atoms with Gasteiger partial charge in [-0.05, 0) is 53.9 Å². The average molecular weight is 460 g/mol. The van der Waals surface area contributed by atoms with E-state index < -0.39 is 11.9 Å². The first kappa shape index (κ1) is 22.7. The van der Waals surface area contributed by atoms with Gasteiger partial charge >= 0.3 is 5.97 Å². The lowest BCUT2D eigenvalue weighted by molar-refractivity contribution is -0.118. The quantitative estimate of drug-likeness (QED) is 0.312. The summed E-state index contributed by atoms with van der Waals surface area (Å²) in [6.07, 6.45) is 2.00. The molecule has 0 aliphatic rings. The predicted octanol–water partition coefficient (Wildman–Crippen LogP) is 4.47.